The topological polar surface area (TPSA) is 73.4 Å². The van der Waals surface area contributed by atoms with Crippen LogP contribution in [0.25, 0.3) is 0 Å². The van der Waals surface area contributed by atoms with Crippen molar-refractivity contribution in [2.45, 2.75) is 39.3 Å². The first kappa shape index (κ1) is 17.5. The Kier molecular flexibility index (Phi) is 5.38. The number of carbonyl (C=O) groups is 1. The van der Waals surface area contributed by atoms with Crippen LogP contribution in [0.15, 0.2) is 30.3 Å². The molecule has 25 heavy (non-hydrogen) atoms. The second-order valence-electron chi connectivity index (χ2n) is 6.48. The number of ether oxygens (including phenoxy) is 1. The average Bonchev–Trinajstić information content (AvgIpc) is 2.92. The first-order valence-electron chi connectivity index (χ1n) is 8.87. The van der Waals surface area contributed by atoms with E-state index in [1.165, 1.54) is 5.56 Å². The molecule has 1 aromatic heterocycles. The molecule has 0 spiro atoms. The molecule has 0 radical (unpaired) electrons. The maximum Gasteiger partial charge on any atom is 0.360 e. The molecule has 0 unspecified atom stereocenters. The summed E-state index contributed by atoms with van der Waals surface area (Å²) in [6.07, 6.45) is 1.99. The molecule has 1 aliphatic rings. The third kappa shape index (κ3) is 3.85. The second-order valence-corrected chi connectivity index (χ2v) is 6.48. The lowest BCUT2D eigenvalue weighted by atomic mass is 10.0. The molecule has 3 rings (SSSR count). The van der Waals surface area contributed by atoms with Crippen molar-refractivity contribution < 1.29 is 9.53 Å². The van der Waals surface area contributed by atoms with E-state index in [2.05, 4.69) is 34.1 Å². The molecule has 1 aromatic carbocycles. The van der Waals surface area contributed by atoms with Gasteiger partial charge in [-0.2, -0.15) is 0 Å². The highest BCUT2D eigenvalue weighted by Gasteiger charge is 2.27. The van der Waals surface area contributed by atoms with Crippen LogP contribution < -0.4 is 5.73 Å². The Morgan fingerprint density at radius 2 is 1.96 bits per heavy atom. The van der Waals surface area contributed by atoms with Crippen molar-refractivity contribution in [2.75, 3.05) is 25.4 Å². The lowest BCUT2D eigenvalue weighted by Gasteiger charge is -2.33. The molecule has 0 bridgehead atoms. The van der Waals surface area contributed by atoms with Crippen LogP contribution in [0.1, 0.15) is 47.7 Å². The summed E-state index contributed by atoms with van der Waals surface area (Å²) in [7, 11) is 0. The van der Waals surface area contributed by atoms with Crippen molar-refractivity contribution >= 4 is 11.8 Å². The number of nitrogens with two attached hydrogens (primary N) is 1. The third-order valence-corrected chi connectivity index (χ3v) is 4.76. The number of aromatic nitrogens is 2. The number of esters is 1. The number of nitrogens with zero attached hydrogens (tertiary/aromatic N) is 3. The lowest BCUT2D eigenvalue weighted by Crippen LogP contribution is -2.34. The van der Waals surface area contributed by atoms with Gasteiger partial charge in [0.05, 0.1) is 6.61 Å². The summed E-state index contributed by atoms with van der Waals surface area (Å²) in [6, 6.07) is 10.8. The molecule has 0 aliphatic carbocycles. The fraction of sp³-hybridized carbons (Fsp3) is 0.474. The molecule has 1 saturated heterocycles. The summed E-state index contributed by atoms with van der Waals surface area (Å²) in [5, 5.41) is 0. The van der Waals surface area contributed by atoms with Gasteiger partial charge in [-0.05, 0) is 32.3 Å². The molecule has 6 heteroatoms. The van der Waals surface area contributed by atoms with E-state index in [1.54, 1.807) is 6.92 Å². The Hall–Kier alpha value is -2.34. The van der Waals surface area contributed by atoms with E-state index in [4.69, 9.17) is 10.5 Å². The zero-order valence-corrected chi connectivity index (χ0v) is 14.9. The van der Waals surface area contributed by atoms with Gasteiger partial charge in [0.1, 0.15) is 11.6 Å². The standard InChI is InChI=1S/C19H26N4O2/c1-3-25-19(24)17-18(20)23(14(2)21-17)16-9-11-22(12-10-16)13-15-7-5-4-6-8-15/h4-8,16H,3,9-13,20H2,1-2H3. The van der Waals surface area contributed by atoms with Crippen LogP contribution in [0.4, 0.5) is 5.82 Å². The Morgan fingerprint density at radius 1 is 1.28 bits per heavy atom. The smallest absolute Gasteiger partial charge is 0.360 e. The number of imidazole rings is 1. The second kappa shape index (κ2) is 7.70. The highest BCUT2D eigenvalue weighted by atomic mass is 16.5. The number of hydrogen-bond donors (Lipinski definition) is 1. The predicted octanol–water partition coefficient (Wildman–Crippen LogP) is 2.79. The maximum absolute atomic E-state index is 12.0. The first-order chi connectivity index (χ1) is 12.1. The summed E-state index contributed by atoms with van der Waals surface area (Å²) in [6.45, 7) is 6.98. The van der Waals surface area contributed by atoms with Gasteiger partial charge in [-0.1, -0.05) is 30.3 Å². The van der Waals surface area contributed by atoms with Gasteiger partial charge in [-0.25, -0.2) is 9.78 Å². The van der Waals surface area contributed by atoms with Crippen molar-refractivity contribution in [1.29, 1.82) is 0 Å². The normalized spacial score (nSPS) is 16.1. The molecule has 0 atom stereocenters. The van der Waals surface area contributed by atoms with E-state index in [0.29, 0.717) is 12.4 Å². The Morgan fingerprint density at radius 3 is 2.60 bits per heavy atom. The molecule has 1 fully saturated rings. The van der Waals surface area contributed by atoms with Crippen molar-refractivity contribution in [2.24, 2.45) is 0 Å². The monoisotopic (exact) mass is 342 g/mol. The number of rotatable bonds is 5. The van der Waals surface area contributed by atoms with Crippen LogP contribution >= 0.6 is 0 Å². The quantitative estimate of drug-likeness (QED) is 0.846. The number of likely N-dealkylation sites (tertiary alicyclic amines) is 1. The minimum atomic E-state index is -0.441. The summed E-state index contributed by atoms with van der Waals surface area (Å²) in [4.78, 5) is 18.8. The number of aryl methyl sites for hydroxylation is 1. The van der Waals surface area contributed by atoms with E-state index >= 15 is 0 Å². The molecule has 1 aliphatic heterocycles. The molecule has 0 saturated carbocycles. The van der Waals surface area contributed by atoms with Crippen molar-refractivity contribution in [3.63, 3.8) is 0 Å². The van der Waals surface area contributed by atoms with Gasteiger partial charge in [-0.15, -0.1) is 0 Å². The van der Waals surface area contributed by atoms with E-state index in [9.17, 15) is 4.79 Å². The number of nitrogen functional groups attached to an aromatic ring is 1. The van der Waals surface area contributed by atoms with Crippen LogP contribution in [0.3, 0.4) is 0 Å². The summed E-state index contributed by atoms with van der Waals surface area (Å²) in [5.41, 5.74) is 7.79. The van der Waals surface area contributed by atoms with Crippen molar-refractivity contribution in [1.82, 2.24) is 14.5 Å². The van der Waals surface area contributed by atoms with Crippen LogP contribution in [0.2, 0.25) is 0 Å². The Labute approximate surface area is 148 Å². The van der Waals surface area contributed by atoms with Gasteiger partial charge in [0.15, 0.2) is 5.69 Å². The van der Waals surface area contributed by atoms with Crippen LogP contribution in [-0.2, 0) is 11.3 Å². The highest BCUT2D eigenvalue weighted by molar-refractivity contribution is 5.92. The predicted molar refractivity (Wildman–Crippen MR) is 97.3 cm³/mol. The minimum absolute atomic E-state index is 0.242. The molecule has 2 heterocycles. The number of piperidine rings is 1. The summed E-state index contributed by atoms with van der Waals surface area (Å²) >= 11 is 0. The number of carbonyl (C=O) groups excluding carboxylic acids is 1. The van der Waals surface area contributed by atoms with Gasteiger partial charge in [0, 0.05) is 25.7 Å². The van der Waals surface area contributed by atoms with Crippen molar-refractivity contribution in [3.05, 3.63) is 47.4 Å². The minimum Gasteiger partial charge on any atom is -0.461 e. The zero-order valence-electron chi connectivity index (χ0n) is 14.9. The van der Waals surface area contributed by atoms with Gasteiger partial charge >= 0.3 is 5.97 Å². The average molecular weight is 342 g/mol. The fourth-order valence-electron chi connectivity index (χ4n) is 3.55. The van der Waals surface area contributed by atoms with Crippen LogP contribution in [0.5, 0.6) is 0 Å². The van der Waals surface area contributed by atoms with Crippen molar-refractivity contribution in [3.8, 4) is 0 Å². The molecule has 0 amide bonds. The number of hydrogen-bond acceptors (Lipinski definition) is 5. The molecule has 2 aromatic rings. The van der Waals surface area contributed by atoms with Gasteiger partial charge in [-0.3, -0.25) is 4.90 Å². The van der Waals surface area contributed by atoms with Gasteiger partial charge in [0.25, 0.3) is 0 Å². The van der Waals surface area contributed by atoms with E-state index in [0.717, 1.165) is 38.3 Å². The fourth-order valence-corrected chi connectivity index (χ4v) is 3.55. The molecule has 6 nitrogen and oxygen atoms in total. The first-order valence-corrected chi connectivity index (χ1v) is 8.87. The van der Waals surface area contributed by atoms with Gasteiger partial charge < -0.3 is 15.0 Å². The molecular weight excluding hydrogens is 316 g/mol. The Balaban J connectivity index is 1.66. The SMILES string of the molecule is CCOC(=O)c1nc(C)n(C2CCN(Cc3ccccc3)CC2)c1N. The van der Waals surface area contributed by atoms with E-state index in [-0.39, 0.29) is 11.7 Å². The van der Waals surface area contributed by atoms with Crippen LogP contribution in [0, 0.1) is 6.92 Å². The lowest BCUT2D eigenvalue weighted by molar-refractivity contribution is 0.0521. The highest BCUT2D eigenvalue weighted by Crippen LogP contribution is 2.29. The van der Waals surface area contributed by atoms with Crippen LogP contribution in [-0.4, -0.2) is 40.1 Å². The molecule has 2 N–H and O–H groups in total. The summed E-state index contributed by atoms with van der Waals surface area (Å²) in [5.74, 6) is 0.767. The largest absolute Gasteiger partial charge is 0.461 e. The maximum atomic E-state index is 12.0. The third-order valence-electron chi connectivity index (χ3n) is 4.76. The van der Waals surface area contributed by atoms with E-state index in [1.807, 2.05) is 17.6 Å². The zero-order chi connectivity index (χ0) is 17.8. The molecule has 134 valence electrons. The number of benzene rings is 1. The molecular formula is C19H26N4O2. The number of anilines is 1. The summed E-state index contributed by atoms with van der Waals surface area (Å²) < 4.78 is 7.05. The Bertz CT molecular complexity index is 719. The van der Waals surface area contributed by atoms with Gasteiger partial charge in [0.2, 0.25) is 0 Å². The van der Waals surface area contributed by atoms with E-state index < -0.39 is 5.97 Å².